The molecule has 0 radical (unpaired) electrons. The molecule has 31 heavy (non-hydrogen) atoms. The molecule has 0 aromatic carbocycles. The predicted octanol–water partition coefficient (Wildman–Crippen LogP) is 2.76. The molecule has 2 aliphatic heterocycles. The van der Waals surface area contributed by atoms with Crippen molar-refractivity contribution in [3.63, 3.8) is 0 Å². The second kappa shape index (κ2) is 9.15. The summed E-state index contributed by atoms with van der Waals surface area (Å²) in [7, 11) is 2.18. The molecule has 3 aliphatic rings. The number of aromatic nitrogens is 1. The summed E-state index contributed by atoms with van der Waals surface area (Å²) in [4.78, 5) is 25.9. The normalized spacial score (nSPS) is 23.1. The third-order valence-electron chi connectivity index (χ3n) is 6.14. The number of likely N-dealkylation sites (tertiary alicyclic amines) is 2. The molecule has 11 heteroatoms. The number of rotatable bonds is 5. The van der Waals surface area contributed by atoms with E-state index in [0.717, 1.165) is 57.9 Å². The van der Waals surface area contributed by atoms with E-state index in [9.17, 15) is 18.0 Å². The third-order valence-corrected chi connectivity index (χ3v) is 6.14. The number of alkyl halides is 3. The summed E-state index contributed by atoms with van der Waals surface area (Å²) < 4.78 is 42.7. The Labute approximate surface area is 178 Å². The molecule has 1 N–H and O–H groups in total. The van der Waals surface area contributed by atoms with Gasteiger partial charge >= 0.3 is 12.1 Å². The first-order valence-electron chi connectivity index (χ1n) is 10.4. The van der Waals surface area contributed by atoms with Crippen molar-refractivity contribution in [3.05, 3.63) is 17.5 Å². The van der Waals surface area contributed by atoms with Gasteiger partial charge in [-0.2, -0.15) is 13.2 Å². The lowest BCUT2D eigenvalue weighted by molar-refractivity contribution is -0.192. The van der Waals surface area contributed by atoms with Crippen LogP contribution in [-0.4, -0.2) is 83.6 Å². The van der Waals surface area contributed by atoms with Gasteiger partial charge in [-0.15, -0.1) is 0 Å². The lowest BCUT2D eigenvalue weighted by Gasteiger charge is -2.58. The zero-order valence-electron chi connectivity index (χ0n) is 17.7. The minimum Gasteiger partial charge on any atom is -0.475 e. The van der Waals surface area contributed by atoms with E-state index in [1.165, 1.54) is 6.42 Å². The number of nitrogens with zero attached hydrogens (tertiary/aromatic N) is 3. The highest BCUT2D eigenvalue weighted by Gasteiger charge is 2.51. The largest absolute Gasteiger partial charge is 0.490 e. The van der Waals surface area contributed by atoms with Crippen molar-refractivity contribution in [3.8, 4) is 0 Å². The smallest absolute Gasteiger partial charge is 0.475 e. The van der Waals surface area contributed by atoms with Gasteiger partial charge in [-0.25, -0.2) is 4.79 Å². The summed E-state index contributed by atoms with van der Waals surface area (Å²) in [6.45, 7) is 6.32. The minimum absolute atomic E-state index is 0.0107. The fraction of sp³-hybridized carbons (Fsp3) is 0.750. The molecule has 1 amide bonds. The summed E-state index contributed by atoms with van der Waals surface area (Å²) in [6, 6.07) is 1.84. The van der Waals surface area contributed by atoms with Gasteiger partial charge < -0.3 is 19.3 Å². The van der Waals surface area contributed by atoms with Crippen molar-refractivity contribution in [1.82, 2.24) is 15.0 Å². The number of halogens is 3. The Morgan fingerprint density at radius 1 is 1.32 bits per heavy atom. The number of likely N-dealkylation sites (N-methyl/N-ethyl adjacent to an activating group) is 1. The summed E-state index contributed by atoms with van der Waals surface area (Å²) in [5.74, 6) is -0.776. The zero-order chi connectivity index (χ0) is 22.8. The Bertz CT molecular complexity index is 785. The lowest BCUT2D eigenvalue weighted by Crippen LogP contribution is -2.72. The van der Waals surface area contributed by atoms with Crippen molar-refractivity contribution in [2.75, 3.05) is 39.9 Å². The van der Waals surface area contributed by atoms with Gasteiger partial charge in [-0.3, -0.25) is 9.69 Å². The number of amides is 1. The number of aliphatic carboxylic acids is 1. The quantitative estimate of drug-likeness (QED) is 0.742. The van der Waals surface area contributed by atoms with E-state index in [-0.39, 0.29) is 11.4 Å². The number of carbonyl (C=O) groups is 2. The average Bonchev–Trinajstić information content (AvgIpc) is 3.41. The molecule has 174 valence electrons. The van der Waals surface area contributed by atoms with Crippen LogP contribution in [0.1, 0.15) is 54.8 Å². The fourth-order valence-electron chi connectivity index (χ4n) is 4.13. The molecule has 1 aromatic heterocycles. The molecule has 3 fully saturated rings. The van der Waals surface area contributed by atoms with Gasteiger partial charge in [0.2, 0.25) is 0 Å². The first-order valence-corrected chi connectivity index (χ1v) is 10.4. The highest BCUT2D eigenvalue weighted by molar-refractivity contribution is 5.93. The average molecular weight is 447 g/mol. The van der Waals surface area contributed by atoms with E-state index in [0.29, 0.717) is 17.5 Å². The van der Waals surface area contributed by atoms with Crippen LogP contribution >= 0.6 is 0 Å². The maximum Gasteiger partial charge on any atom is 0.490 e. The van der Waals surface area contributed by atoms with Crippen LogP contribution in [-0.2, 0) is 9.53 Å². The van der Waals surface area contributed by atoms with E-state index in [1.54, 1.807) is 0 Å². The molecule has 3 heterocycles. The van der Waals surface area contributed by atoms with Gasteiger partial charge in [0.25, 0.3) is 5.91 Å². The van der Waals surface area contributed by atoms with Gasteiger partial charge in [0.05, 0.1) is 5.54 Å². The Kier molecular flexibility index (Phi) is 6.95. The summed E-state index contributed by atoms with van der Waals surface area (Å²) in [6.07, 6.45) is -0.483. The predicted molar refractivity (Wildman–Crippen MR) is 103 cm³/mol. The Hall–Kier alpha value is -2.14. The second-order valence-electron chi connectivity index (χ2n) is 8.52. The van der Waals surface area contributed by atoms with Crippen LogP contribution < -0.4 is 0 Å². The first-order chi connectivity index (χ1) is 14.6. The van der Waals surface area contributed by atoms with Crippen molar-refractivity contribution in [1.29, 1.82) is 0 Å². The Morgan fingerprint density at radius 3 is 2.52 bits per heavy atom. The monoisotopic (exact) mass is 447 g/mol. The molecule has 4 rings (SSSR count). The van der Waals surface area contributed by atoms with Crippen molar-refractivity contribution < 1.29 is 37.1 Å². The highest BCUT2D eigenvalue weighted by Crippen LogP contribution is 2.41. The van der Waals surface area contributed by atoms with Crippen molar-refractivity contribution in [2.24, 2.45) is 5.92 Å². The van der Waals surface area contributed by atoms with Crippen LogP contribution in [0.4, 0.5) is 13.2 Å². The van der Waals surface area contributed by atoms with Crippen molar-refractivity contribution >= 4 is 11.9 Å². The number of carboxylic acids is 1. The Morgan fingerprint density at radius 2 is 1.97 bits per heavy atom. The molecular formula is C20H28F3N3O5. The van der Waals surface area contributed by atoms with E-state index in [2.05, 4.69) is 17.1 Å². The van der Waals surface area contributed by atoms with E-state index in [1.807, 2.05) is 17.9 Å². The maximum absolute atomic E-state index is 12.6. The maximum atomic E-state index is 12.6. The number of hydrogen-bond donors (Lipinski definition) is 1. The zero-order valence-corrected chi connectivity index (χ0v) is 17.7. The molecule has 8 nitrogen and oxygen atoms in total. The number of piperidine rings is 1. The SMILES string of the molecule is CCOCC1CCN(C)C2(C1)CN(C(=O)c1cc(C3CC3)on1)C2.O=C(O)C(F)(F)F. The third kappa shape index (κ3) is 5.57. The second-order valence-corrected chi connectivity index (χ2v) is 8.52. The Balaban J connectivity index is 0.000000339. The summed E-state index contributed by atoms with van der Waals surface area (Å²) >= 11 is 0. The van der Waals surface area contributed by atoms with Crippen molar-refractivity contribution in [2.45, 2.75) is 50.2 Å². The first kappa shape index (κ1) is 23.5. The van der Waals surface area contributed by atoms with Crippen LogP contribution in [0.2, 0.25) is 0 Å². The summed E-state index contributed by atoms with van der Waals surface area (Å²) in [5.41, 5.74) is 0.592. The number of ether oxygens (including phenoxy) is 1. The molecule has 1 aromatic rings. The van der Waals surface area contributed by atoms with Gasteiger partial charge in [-0.1, -0.05) is 5.16 Å². The molecule has 0 bridgehead atoms. The molecule has 1 saturated carbocycles. The van der Waals surface area contributed by atoms with Gasteiger partial charge in [0, 0.05) is 38.3 Å². The summed E-state index contributed by atoms with van der Waals surface area (Å²) in [5, 5.41) is 11.1. The van der Waals surface area contributed by atoms with Crippen LogP contribution in [0, 0.1) is 5.92 Å². The van der Waals surface area contributed by atoms with Gasteiger partial charge in [0.15, 0.2) is 5.69 Å². The highest BCUT2D eigenvalue weighted by atomic mass is 19.4. The molecule has 2 saturated heterocycles. The van der Waals surface area contributed by atoms with Gasteiger partial charge in [0.1, 0.15) is 5.76 Å². The molecule has 1 spiro atoms. The topological polar surface area (TPSA) is 96.1 Å². The van der Waals surface area contributed by atoms with E-state index < -0.39 is 12.1 Å². The minimum atomic E-state index is -5.08. The number of carbonyl (C=O) groups excluding carboxylic acids is 1. The molecule has 1 atom stereocenters. The van der Waals surface area contributed by atoms with Crippen LogP contribution in [0.25, 0.3) is 0 Å². The van der Waals surface area contributed by atoms with Crippen LogP contribution in [0.15, 0.2) is 10.6 Å². The van der Waals surface area contributed by atoms with Crippen LogP contribution in [0.3, 0.4) is 0 Å². The molecular weight excluding hydrogens is 419 g/mol. The molecule has 1 unspecified atom stereocenters. The van der Waals surface area contributed by atoms with Crippen LogP contribution in [0.5, 0.6) is 0 Å². The van der Waals surface area contributed by atoms with Gasteiger partial charge in [-0.05, 0) is 52.1 Å². The number of hydrogen-bond acceptors (Lipinski definition) is 6. The van der Waals surface area contributed by atoms with E-state index >= 15 is 0 Å². The molecule has 1 aliphatic carbocycles. The standard InChI is InChI=1S/C18H27N3O3.C2HF3O2/c1-3-23-10-13-6-7-20(2)18(9-13)11-21(12-18)17(22)15-8-16(24-19-15)14-4-5-14;3-2(4,5)1(6)7/h8,13-14H,3-7,9-12H2,1-2H3;(H,6,7). The number of carboxylic acid groups (broad SMARTS) is 1. The van der Waals surface area contributed by atoms with E-state index in [4.69, 9.17) is 19.2 Å². The lowest BCUT2D eigenvalue weighted by atomic mass is 9.75. The fourth-order valence-corrected chi connectivity index (χ4v) is 4.13.